The molecule has 7 heteroatoms. The molecule has 0 bridgehead atoms. The van der Waals surface area contributed by atoms with E-state index in [2.05, 4.69) is 63.5 Å². The third kappa shape index (κ3) is 29.7. The Bertz CT molecular complexity index is 1040. The molecule has 1 N–H and O–H groups in total. The number of hydrogen-bond donors (Lipinski definition) is 1. The quantitative estimate of drug-likeness (QED) is 0.0384. The van der Waals surface area contributed by atoms with E-state index in [9.17, 15) is 4.79 Å². The van der Waals surface area contributed by atoms with Crippen molar-refractivity contribution in [3.63, 3.8) is 0 Å². The number of aromatic nitrogens is 1. The molecule has 1 atom stereocenters. The lowest BCUT2D eigenvalue weighted by atomic mass is 9.95. The maximum Gasteiger partial charge on any atom is 0.240 e. The second-order valence-corrected chi connectivity index (χ2v) is 16.1. The average Bonchev–Trinajstić information content (AvgIpc) is 3.53. The van der Waals surface area contributed by atoms with Crippen LogP contribution in [-0.4, -0.2) is 61.2 Å². The fourth-order valence-corrected chi connectivity index (χ4v) is 6.39. The van der Waals surface area contributed by atoms with Crippen molar-refractivity contribution >= 4 is 11.6 Å². The van der Waals surface area contributed by atoms with Gasteiger partial charge in [-0.3, -0.25) is 9.78 Å². The van der Waals surface area contributed by atoms with Gasteiger partial charge in [-0.2, -0.15) is 5.10 Å². The molecular formula is C46H87N4O3+. The van der Waals surface area contributed by atoms with Crippen LogP contribution in [0.4, 0.5) is 0 Å². The zero-order chi connectivity index (χ0) is 39.5. The molecule has 308 valence electrons. The van der Waals surface area contributed by atoms with Gasteiger partial charge in [0.25, 0.3) is 0 Å². The van der Waals surface area contributed by atoms with Gasteiger partial charge in [0.05, 0.1) is 26.9 Å². The highest BCUT2D eigenvalue weighted by Gasteiger charge is 2.37. The summed E-state index contributed by atoms with van der Waals surface area (Å²) in [5.74, 6) is 1.05. The van der Waals surface area contributed by atoms with Gasteiger partial charge in [0.2, 0.25) is 5.91 Å². The van der Waals surface area contributed by atoms with E-state index in [1.54, 1.807) is 12.4 Å². The Kier molecular flexibility index (Phi) is 32.8. The van der Waals surface area contributed by atoms with Crippen LogP contribution in [0.2, 0.25) is 0 Å². The van der Waals surface area contributed by atoms with Gasteiger partial charge in [0.1, 0.15) is 17.9 Å². The van der Waals surface area contributed by atoms with Gasteiger partial charge in [0, 0.05) is 30.5 Å². The highest BCUT2D eigenvalue weighted by atomic mass is 16.7. The Labute approximate surface area is 329 Å². The Morgan fingerprint density at radius 1 is 0.755 bits per heavy atom. The number of carbonyl (C=O) groups excluding carboxylic acids is 1. The number of hydrazone groups is 1. The fraction of sp³-hybridized carbons (Fsp3) is 0.804. The molecule has 1 fully saturated rings. The normalized spacial score (nSPS) is 16.4. The zero-order valence-corrected chi connectivity index (χ0v) is 36.5. The summed E-state index contributed by atoms with van der Waals surface area (Å²) < 4.78 is 12.6. The van der Waals surface area contributed by atoms with Crippen LogP contribution in [0.5, 0.6) is 0 Å². The molecule has 1 aliphatic heterocycles. The van der Waals surface area contributed by atoms with Gasteiger partial charge in [0.15, 0.2) is 6.79 Å². The number of quaternary nitrogens is 1. The lowest BCUT2D eigenvalue weighted by Gasteiger charge is -2.25. The summed E-state index contributed by atoms with van der Waals surface area (Å²) in [6.45, 7) is 14.0. The van der Waals surface area contributed by atoms with Crippen molar-refractivity contribution < 1.29 is 18.8 Å². The van der Waals surface area contributed by atoms with Crippen LogP contribution in [0.3, 0.4) is 0 Å². The first-order valence-corrected chi connectivity index (χ1v) is 22.1. The van der Waals surface area contributed by atoms with Crippen LogP contribution in [0.15, 0.2) is 41.5 Å². The van der Waals surface area contributed by atoms with Crippen molar-refractivity contribution in [3.05, 3.63) is 41.9 Å². The molecule has 2 rings (SSSR count). The first kappa shape index (κ1) is 50.8. The first-order chi connectivity index (χ1) is 25.6. The van der Waals surface area contributed by atoms with Crippen LogP contribution in [0.1, 0.15) is 208 Å². The third-order valence-corrected chi connectivity index (χ3v) is 9.90. The van der Waals surface area contributed by atoms with E-state index < -0.39 is 0 Å². The van der Waals surface area contributed by atoms with Crippen molar-refractivity contribution in [2.24, 2.45) is 5.10 Å². The molecule has 0 spiro atoms. The molecule has 7 nitrogen and oxygen atoms in total. The van der Waals surface area contributed by atoms with Crippen LogP contribution in [0, 0.1) is 0 Å². The number of amides is 1. The number of nitrogens with zero attached hydrogens (tertiary/aromatic N) is 3. The number of ether oxygens (including phenoxy) is 2. The van der Waals surface area contributed by atoms with Crippen molar-refractivity contribution in [1.29, 1.82) is 0 Å². The molecule has 1 aromatic rings. The monoisotopic (exact) mass is 744 g/mol. The molecule has 0 radical (unpaired) electrons. The molecule has 0 aliphatic carbocycles. The van der Waals surface area contributed by atoms with E-state index in [0.29, 0.717) is 13.2 Å². The molecule has 1 aromatic heterocycles. The molecule has 1 amide bonds. The number of likely N-dealkylation sites (N-methyl/N-ethyl adjacent to an activating group) is 1. The molecule has 1 aliphatic rings. The summed E-state index contributed by atoms with van der Waals surface area (Å²) in [5.41, 5.74) is 4.21. The predicted octanol–water partition coefficient (Wildman–Crippen LogP) is 13.1. The number of rotatable bonds is 29. The summed E-state index contributed by atoms with van der Waals surface area (Å²) in [5, 5.41) is 4.14. The first-order valence-electron chi connectivity index (χ1n) is 22.1. The van der Waals surface area contributed by atoms with Gasteiger partial charge < -0.3 is 14.0 Å². The third-order valence-electron chi connectivity index (χ3n) is 9.90. The van der Waals surface area contributed by atoms with Gasteiger partial charge in [-0.25, -0.2) is 5.43 Å². The van der Waals surface area contributed by atoms with Crippen LogP contribution >= 0.6 is 0 Å². The van der Waals surface area contributed by atoms with Crippen LogP contribution < -0.4 is 5.43 Å². The van der Waals surface area contributed by atoms with Gasteiger partial charge >= 0.3 is 0 Å². The number of nitrogens with one attached hydrogen (secondary N) is 1. The molecule has 2 heterocycles. The average molecular weight is 744 g/mol. The Morgan fingerprint density at radius 2 is 1.19 bits per heavy atom. The Hall–Kier alpha value is -2.25. The number of unbranched alkanes of at least 4 members (excludes halogenated alkanes) is 21. The maximum atomic E-state index is 11.8. The van der Waals surface area contributed by atoms with E-state index in [0.717, 1.165) is 47.3 Å². The fourth-order valence-electron chi connectivity index (χ4n) is 6.39. The van der Waals surface area contributed by atoms with E-state index in [4.69, 9.17) is 9.47 Å². The molecular weight excluding hydrogens is 657 g/mol. The molecule has 1 unspecified atom stereocenters. The number of hydrogen-bond acceptors (Lipinski definition) is 5. The maximum absolute atomic E-state index is 11.8. The van der Waals surface area contributed by atoms with E-state index >= 15 is 0 Å². The lowest BCUT2D eigenvalue weighted by Crippen LogP contribution is -2.35. The van der Waals surface area contributed by atoms with E-state index in [1.165, 1.54) is 135 Å². The molecule has 0 saturated carbocycles. The summed E-state index contributed by atoms with van der Waals surface area (Å²) in [4.78, 5) is 15.7. The summed E-state index contributed by atoms with van der Waals surface area (Å²) in [6.07, 6.45) is 38.3. The predicted molar refractivity (Wildman–Crippen MR) is 229 cm³/mol. The topological polar surface area (TPSA) is 72.8 Å². The van der Waals surface area contributed by atoms with Crippen molar-refractivity contribution in [1.82, 2.24) is 10.4 Å². The van der Waals surface area contributed by atoms with Gasteiger partial charge in [-0.15, -0.1) is 0 Å². The summed E-state index contributed by atoms with van der Waals surface area (Å²) in [6, 6.07) is 3.76. The standard InChI is InChI=1S/C25H50NO2.C19H31N3O.C2H6/c1-6-7-8-9-10-11-12-13-14-15-16-17-18-19-21-25(2)24(27-23-28-25)20-22-26(3,4)5;1-3-4-5-6-7-8-9-10-11-12-19(23)22-21-17(2)18-13-15-20-16-14-18;1-2/h20H,6-19,21-23H2,1-5H3;13-16H,3-12H2,1-2H3,(H,22,23);1-2H3/q+1;;/b24-20-;21-17+;. The molecule has 0 aromatic carbocycles. The van der Waals surface area contributed by atoms with E-state index in [1.807, 2.05) is 32.9 Å². The Morgan fingerprint density at radius 3 is 1.64 bits per heavy atom. The van der Waals surface area contributed by atoms with Crippen molar-refractivity contribution in [2.45, 2.75) is 208 Å². The smallest absolute Gasteiger partial charge is 0.240 e. The van der Waals surface area contributed by atoms with Crippen molar-refractivity contribution in [2.75, 3.05) is 34.5 Å². The Balaban J connectivity index is 0.000000991. The second-order valence-electron chi connectivity index (χ2n) is 16.1. The zero-order valence-electron chi connectivity index (χ0n) is 36.5. The minimum Gasteiger partial charge on any atom is -0.469 e. The number of pyridine rings is 1. The van der Waals surface area contributed by atoms with Crippen LogP contribution in [0.25, 0.3) is 0 Å². The summed E-state index contributed by atoms with van der Waals surface area (Å²) >= 11 is 0. The highest BCUT2D eigenvalue weighted by Crippen LogP contribution is 2.34. The van der Waals surface area contributed by atoms with Crippen LogP contribution in [-0.2, 0) is 14.3 Å². The van der Waals surface area contributed by atoms with Gasteiger partial charge in [-0.05, 0) is 38.8 Å². The summed E-state index contributed by atoms with van der Waals surface area (Å²) in [7, 11) is 6.62. The number of carbonyl (C=O) groups is 1. The lowest BCUT2D eigenvalue weighted by molar-refractivity contribution is -0.864. The van der Waals surface area contributed by atoms with E-state index in [-0.39, 0.29) is 11.5 Å². The second kappa shape index (κ2) is 34.3. The largest absolute Gasteiger partial charge is 0.469 e. The van der Waals surface area contributed by atoms with Gasteiger partial charge in [-0.1, -0.05) is 169 Å². The minimum atomic E-state index is -0.202. The molecule has 53 heavy (non-hydrogen) atoms. The van der Waals surface area contributed by atoms with Crippen molar-refractivity contribution in [3.8, 4) is 0 Å². The SMILES string of the molecule is CC.CCCCCCCCCCCC(=O)N/N=C(\C)c1ccncc1.CCCCCCCCCCCCCCCCC1(C)OCO/C1=C\C[N+](C)(C)C. The highest BCUT2D eigenvalue weighted by molar-refractivity contribution is 5.99. The molecule has 1 saturated heterocycles. The minimum absolute atomic E-state index is 0.00125.